The van der Waals surface area contributed by atoms with Crippen LogP contribution >= 0.6 is 0 Å². The number of nitrogens with zero attached hydrogens (tertiary/aromatic N) is 3. The molecule has 6 nitrogen and oxygen atoms in total. The maximum absolute atomic E-state index is 13.8. The minimum absolute atomic E-state index is 0.0377. The van der Waals surface area contributed by atoms with Crippen molar-refractivity contribution in [1.82, 2.24) is 20.1 Å². The molecule has 0 radical (unpaired) electrons. The highest BCUT2D eigenvalue weighted by Crippen LogP contribution is 2.32. The third-order valence-electron chi connectivity index (χ3n) is 5.79. The summed E-state index contributed by atoms with van der Waals surface area (Å²) >= 11 is 0. The van der Waals surface area contributed by atoms with Gasteiger partial charge in [-0.2, -0.15) is 10.1 Å². The van der Waals surface area contributed by atoms with Crippen molar-refractivity contribution in [2.45, 2.75) is 40.2 Å². The number of nitrogens with one attached hydrogen (secondary N) is 1. The molecule has 1 N–H and O–H groups in total. The number of methoxy groups -OCH3 is 1. The Kier molecular flexibility index (Phi) is 6.40. The van der Waals surface area contributed by atoms with Gasteiger partial charge in [0, 0.05) is 23.9 Å². The van der Waals surface area contributed by atoms with Crippen molar-refractivity contribution in [2.24, 2.45) is 0 Å². The number of benzene rings is 2. The number of hydrogen-bond acceptors (Lipinski definition) is 4. The van der Waals surface area contributed by atoms with Crippen molar-refractivity contribution in [3.63, 3.8) is 0 Å². The lowest BCUT2D eigenvalue weighted by molar-refractivity contribution is -0.121. The molecule has 170 valence electrons. The Bertz CT molecular complexity index is 1310. The zero-order valence-electron chi connectivity index (χ0n) is 19.3. The van der Waals surface area contributed by atoms with E-state index in [4.69, 9.17) is 4.74 Å². The van der Waals surface area contributed by atoms with Crippen LogP contribution in [-0.2, 0) is 17.8 Å². The van der Waals surface area contributed by atoms with E-state index in [1.165, 1.54) is 17.7 Å². The molecular formula is C26H27FN4O2. The molecule has 0 spiro atoms. The number of fused-ring (bicyclic) bond motifs is 1. The van der Waals surface area contributed by atoms with E-state index >= 15 is 0 Å². The summed E-state index contributed by atoms with van der Waals surface area (Å²) in [6.45, 7) is 6.41. The van der Waals surface area contributed by atoms with E-state index in [2.05, 4.69) is 15.4 Å². The zero-order valence-corrected chi connectivity index (χ0v) is 19.3. The predicted molar refractivity (Wildman–Crippen MR) is 126 cm³/mol. The van der Waals surface area contributed by atoms with Gasteiger partial charge < -0.3 is 10.1 Å². The first-order valence-electron chi connectivity index (χ1n) is 10.9. The standard InChI is InChI=1S/C26H27FN4O2/c1-16-8-10-19(11-9-16)15-28-23(32)13-12-22-17(2)24-18(3)30-31(25(24)29-26(22)33-4)21-7-5-6-20(27)14-21/h5-11,14H,12-13,15H2,1-4H3,(H,28,32). The zero-order chi connectivity index (χ0) is 23.5. The van der Waals surface area contributed by atoms with Crippen LogP contribution in [0.1, 0.15) is 34.4 Å². The van der Waals surface area contributed by atoms with E-state index in [-0.39, 0.29) is 11.7 Å². The Hall–Kier alpha value is -3.74. The maximum Gasteiger partial charge on any atom is 0.220 e. The van der Waals surface area contributed by atoms with Gasteiger partial charge in [0.15, 0.2) is 5.65 Å². The lowest BCUT2D eigenvalue weighted by atomic mass is 10.0. The lowest BCUT2D eigenvalue weighted by Crippen LogP contribution is -2.23. The number of ether oxygens (including phenoxy) is 1. The molecule has 1 amide bonds. The average Bonchev–Trinajstić information content (AvgIpc) is 3.14. The number of amides is 1. The predicted octanol–water partition coefficient (Wildman–Crippen LogP) is 4.74. The number of carbonyl (C=O) groups is 1. The van der Waals surface area contributed by atoms with Crippen LogP contribution in [0.5, 0.6) is 5.88 Å². The third-order valence-corrected chi connectivity index (χ3v) is 5.79. The largest absolute Gasteiger partial charge is 0.481 e. The number of halogens is 1. The van der Waals surface area contributed by atoms with E-state index in [9.17, 15) is 9.18 Å². The Morgan fingerprint density at radius 1 is 1.12 bits per heavy atom. The van der Waals surface area contributed by atoms with Crippen LogP contribution in [-0.4, -0.2) is 27.8 Å². The van der Waals surface area contributed by atoms with Gasteiger partial charge >= 0.3 is 0 Å². The van der Waals surface area contributed by atoms with Crippen LogP contribution in [0.15, 0.2) is 48.5 Å². The molecule has 4 rings (SSSR count). The van der Waals surface area contributed by atoms with Crippen molar-refractivity contribution >= 4 is 16.9 Å². The van der Waals surface area contributed by atoms with Gasteiger partial charge in [-0.25, -0.2) is 9.07 Å². The SMILES string of the molecule is COc1nc2c(c(C)nn2-c2cccc(F)c2)c(C)c1CCC(=O)NCc1ccc(C)cc1. The van der Waals surface area contributed by atoms with Gasteiger partial charge in [-0.05, 0) is 56.5 Å². The van der Waals surface area contributed by atoms with Gasteiger partial charge in [0.05, 0.1) is 18.5 Å². The molecule has 4 aromatic rings. The van der Waals surface area contributed by atoms with Gasteiger partial charge in [0.25, 0.3) is 0 Å². The highest BCUT2D eigenvalue weighted by atomic mass is 19.1. The molecule has 2 aromatic carbocycles. The van der Waals surface area contributed by atoms with E-state index in [1.54, 1.807) is 23.9 Å². The number of carbonyl (C=O) groups excluding carboxylic acids is 1. The first-order valence-corrected chi connectivity index (χ1v) is 10.9. The first kappa shape index (κ1) is 22.5. The molecule has 0 saturated heterocycles. The van der Waals surface area contributed by atoms with Crippen LogP contribution < -0.4 is 10.1 Å². The van der Waals surface area contributed by atoms with E-state index in [1.807, 2.05) is 45.0 Å². The van der Waals surface area contributed by atoms with Gasteiger partial charge in [0.2, 0.25) is 11.8 Å². The molecule has 2 aromatic heterocycles. The Morgan fingerprint density at radius 2 is 1.88 bits per heavy atom. The van der Waals surface area contributed by atoms with Crippen LogP contribution in [0.25, 0.3) is 16.7 Å². The number of rotatable bonds is 7. The topological polar surface area (TPSA) is 69.0 Å². The van der Waals surface area contributed by atoms with E-state index in [0.29, 0.717) is 36.6 Å². The van der Waals surface area contributed by atoms with Crippen molar-refractivity contribution in [1.29, 1.82) is 0 Å². The lowest BCUT2D eigenvalue weighted by Gasteiger charge is -2.13. The van der Waals surface area contributed by atoms with Crippen molar-refractivity contribution in [3.05, 3.63) is 82.3 Å². The number of pyridine rings is 1. The van der Waals surface area contributed by atoms with Crippen molar-refractivity contribution in [3.8, 4) is 11.6 Å². The molecular weight excluding hydrogens is 419 g/mol. The molecule has 2 heterocycles. The summed E-state index contributed by atoms with van der Waals surface area (Å²) in [5, 5.41) is 8.45. The highest BCUT2D eigenvalue weighted by molar-refractivity contribution is 5.86. The minimum atomic E-state index is -0.342. The molecule has 0 aliphatic carbocycles. The van der Waals surface area contributed by atoms with Crippen molar-refractivity contribution < 1.29 is 13.9 Å². The summed E-state index contributed by atoms with van der Waals surface area (Å²) in [4.78, 5) is 17.2. The summed E-state index contributed by atoms with van der Waals surface area (Å²) in [5.41, 5.74) is 6.05. The summed E-state index contributed by atoms with van der Waals surface area (Å²) in [7, 11) is 1.56. The number of aromatic nitrogens is 3. The van der Waals surface area contributed by atoms with Gasteiger partial charge in [0.1, 0.15) is 5.82 Å². The van der Waals surface area contributed by atoms with Gasteiger partial charge in [-0.15, -0.1) is 0 Å². The second-order valence-electron chi connectivity index (χ2n) is 8.16. The van der Waals surface area contributed by atoms with Crippen LogP contribution in [0.3, 0.4) is 0 Å². The smallest absolute Gasteiger partial charge is 0.220 e. The summed E-state index contributed by atoms with van der Waals surface area (Å²) in [6.07, 6.45) is 0.801. The highest BCUT2D eigenvalue weighted by Gasteiger charge is 2.20. The summed E-state index contributed by atoms with van der Waals surface area (Å²) < 4.78 is 21.0. The number of hydrogen-bond donors (Lipinski definition) is 1. The summed E-state index contributed by atoms with van der Waals surface area (Å²) in [5.74, 6) is 0.0685. The normalized spacial score (nSPS) is 11.1. The Balaban J connectivity index is 1.57. The minimum Gasteiger partial charge on any atom is -0.481 e. The Labute approximate surface area is 192 Å². The van der Waals surface area contributed by atoms with E-state index in [0.717, 1.165) is 27.8 Å². The third kappa shape index (κ3) is 4.72. The average molecular weight is 447 g/mol. The second kappa shape index (κ2) is 9.40. The van der Waals surface area contributed by atoms with Crippen LogP contribution in [0.2, 0.25) is 0 Å². The molecule has 0 saturated carbocycles. The second-order valence-corrected chi connectivity index (χ2v) is 8.16. The fourth-order valence-corrected chi connectivity index (χ4v) is 4.02. The molecule has 0 unspecified atom stereocenters. The first-order chi connectivity index (χ1) is 15.9. The summed E-state index contributed by atoms with van der Waals surface area (Å²) in [6, 6.07) is 14.3. The molecule has 0 fully saturated rings. The molecule has 0 aliphatic rings. The van der Waals surface area contributed by atoms with Crippen LogP contribution in [0.4, 0.5) is 4.39 Å². The maximum atomic E-state index is 13.8. The quantitative estimate of drug-likeness (QED) is 0.445. The fourth-order valence-electron chi connectivity index (χ4n) is 4.02. The van der Waals surface area contributed by atoms with Crippen molar-refractivity contribution in [2.75, 3.05) is 7.11 Å². The fraction of sp³-hybridized carbons (Fsp3) is 0.269. The molecule has 0 aliphatic heterocycles. The Morgan fingerprint density at radius 3 is 2.58 bits per heavy atom. The van der Waals surface area contributed by atoms with Gasteiger partial charge in [-0.1, -0.05) is 35.9 Å². The molecule has 33 heavy (non-hydrogen) atoms. The molecule has 0 bridgehead atoms. The number of aryl methyl sites for hydroxylation is 3. The van der Waals surface area contributed by atoms with Crippen LogP contribution in [0, 0.1) is 26.6 Å². The van der Waals surface area contributed by atoms with Gasteiger partial charge in [-0.3, -0.25) is 4.79 Å². The monoisotopic (exact) mass is 446 g/mol. The molecule has 0 atom stereocenters. The van der Waals surface area contributed by atoms with E-state index < -0.39 is 0 Å². The molecule has 7 heteroatoms.